The van der Waals surface area contributed by atoms with E-state index < -0.39 is 10.0 Å². The van der Waals surface area contributed by atoms with Gasteiger partial charge in [0.2, 0.25) is 15.9 Å². The van der Waals surface area contributed by atoms with Crippen molar-refractivity contribution in [3.63, 3.8) is 0 Å². The van der Waals surface area contributed by atoms with Gasteiger partial charge in [0, 0.05) is 50.0 Å². The summed E-state index contributed by atoms with van der Waals surface area (Å²) in [6.07, 6.45) is 1.86. The molecule has 0 unspecified atom stereocenters. The van der Waals surface area contributed by atoms with Gasteiger partial charge in [0.1, 0.15) is 0 Å². The predicted molar refractivity (Wildman–Crippen MR) is 122 cm³/mol. The first-order valence-electron chi connectivity index (χ1n) is 10.4. The number of benzene rings is 2. The van der Waals surface area contributed by atoms with Gasteiger partial charge in [0.15, 0.2) is 5.78 Å². The van der Waals surface area contributed by atoms with E-state index in [0.717, 1.165) is 16.7 Å². The quantitative estimate of drug-likeness (QED) is 0.619. The molecule has 1 fully saturated rings. The molecule has 2 aromatic carbocycles. The number of Topliss-reactive ketones (excluding diaryl/α,β-unsaturated/α-hetero) is 1. The summed E-state index contributed by atoms with van der Waals surface area (Å²) in [5.74, 6) is -0.155. The Balaban J connectivity index is 1.51. The Morgan fingerprint density at radius 2 is 1.61 bits per heavy atom. The minimum Gasteiger partial charge on any atom is -0.340 e. The molecule has 0 aromatic heterocycles. The summed E-state index contributed by atoms with van der Waals surface area (Å²) < 4.78 is 26.5. The van der Waals surface area contributed by atoms with Gasteiger partial charge in [-0.2, -0.15) is 4.31 Å². The molecule has 0 atom stereocenters. The third kappa shape index (κ3) is 6.12. The van der Waals surface area contributed by atoms with Crippen LogP contribution >= 0.6 is 0 Å². The zero-order valence-corrected chi connectivity index (χ0v) is 18.8. The second-order valence-corrected chi connectivity index (χ2v) is 9.60. The number of ketones is 1. The molecule has 1 aliphatic heterocycles. The molecular weight excluding hydrogens is 412 g/mol. The predicted octanol–water partition coefficient (Wildman–Crippen LogP) is 3.41. The number of carbonyl (C=O) groups is 2. The molecule has 0 bridgehead atoms. The summed E-state index contributed by atoms with van der Waals surface area (Å²) in [6, 6.07) is 15.0. The number of amides is 1. The molecule has 1 amide bonds. The maximum Gasteiger partial charge on any atom is 0.236 e. The SMILES string of the molecule is Cc1ccc(C)c(C(=O)CCC(=O)N2CCN(S(=O)(=O)/C=C/c3ccccc3)CC2)c1. The largest absolute Gasteiger partial charge is 0.340 e. The van der Waals surface area contributed by atoms with Crippen molar-refractivity contribution in [1.82, 2.24) is 9.21 Å². The fraction of sp³-hybridized carbons (Fsp3) is 0.333. The first kappa shape index (κ1) is 22.9. The van der Waals surface area contributed by atoms with E-state index >= 15 is 0 Å². The molecule has 0 spiro atoms. The van der Waals surface area contributed by atoms with E-state index in [2.05, 4.69) is 0 Å². The highest BCUT2D eigenvalue weighted by Gasteiger charge is 2.27. The van der Waals surface area contributed by atoms with Gasteiger partial charge in [-0.25, -0.2) is 8.42 Å². The molecule has 2 aromatic rings. The van der Waals surface area contributed by atoms with Gasteiger partial charge in [-0.05, 0) is 37.1 Å². The Bertz CT molecular complexity index is 1070. The summed E-state index contributed by atoms with van der Waals surface area (Å²) in [5, 5.41) is 1.21. The molecule has 0 radical (unpaired) electrons. The van der Waals surface area contributed by atoms with E-state index in [4.69, 9.17) is 0 Å². The van der Waals surface area contributed by atoms with Crippen LogP contribution in [-0.2, 0) is 14.8 Å². The Labute approximate surface area is 184 Å². The van der Waals surface area contributed by atoms with Crippen molar-refractivity contribution in [3.8, 4) is 0 Å². The molecule has 3 rings (SSSR count). The summed E-state index contributed by atoms with van der Waals surface area (Å²) in [5.41, 5.74) is 3.40. The van der Waals surface area contributed by atoms with Crippen molar-refractivity contribution < 1.29 is 18.0 Å². The van der Waals surface area contributed by atoms with Crippen LogP contribution in [0.1, 0.15) is 39.9 Å². The van der Waals surface area contributed by atoms with Crippen molar-refractivity contribution >= 4 is 27.8 Å². The highest BCUT2D eigenvalue weighted by molar-refractivity contribution is 7.92. The average molecular weight is 441 g/mol. The summed E-state index contributed by atoms with van der Waals surface area (Å²) in [4.78, 5) is 26.7. The van der Waals surface area contributed by atoms with Crippen LogP contribution in [0.15, 0.2) is 53.9 Å². The Kier molecular flexibility index (Phi) is 7.41. The van der Waals surface area contributed by atoms with Crippen LogP contribution in [0.25, 0.3) is 6.08 Å². The molecule has 164 valence electrons. The fourth-order valence-corrected chi connectivity index (χ4v) is 4.73. The lowest BCUT2D eigenvalue weighted by Crippen LogP contribution is -2.50. The van der Waals surface area contributed by atoms with Gasteiger partial charge in [-0.15, -0.1) is 0 Å². The summed E-state index contributed by atoms with van der Waals surface area (Å²) in [6.45, 7) is 4.98. The molecule has 0 aliphatic carbocycles. The van der Waals surface area contributed by atoms with E-state index in [1.54, 1.807) is 11.0 Å². The molecule has 1 aliphatic rings. The van der Waals surface area contributed by atoms with E-state index in [1.165, 1.54) is 9.71 Å². The van der Waals surface area contributed by atoms with Crippen molar-refractivity contribution in [3.05, 3.63) is 76.2 Å². The molecule has 6 nitrogen and oxygen atoms in total. The number of aryl methyl sites for hydroxylation is 2. The topological polar surface area (TPSA) is 74.8 Å². The van der Waals surface area contributed by atoms with Crippen LogP contribution in [-0.4, -0.2) is 55.5 Å². The summed E-state index contributed by atoms with van der Waals surface area (Å²) in [7, 11) is -3.54. The lowest BCUT2D eigenvalue weighted by molar-refractivity contribution is -0.132. The van der Waals surface area contributed by atoms with Crippen LogP contribution < -0.4 is 0 Å². The van der Waals surface area contributed by atoms with Crippen LogP contribution in [0, 0.1) is 13.8 Å². The zero-order chi connectivity index (χ0) is 22.4. The van der Waals surface area contributed by atoms with Crippen LogP contribution in [0.2, 0.25) is 0 Å². The smallest absolute Gasteiger partial charge is 0.236 e. The second kappa shape index (κ2) is 10.0. The molecule has 0 saturated carbocycles. The Hall–Kier alpha value is -2.77. The van der Waals surface area contributed by atoms with Gasteiger partial charge < -0.3 is 4.90 Å². The van der Waals surface area contributed by atoms with Gasteiger partial charge in [0.05, 0.1) is 0 Å². The first-order chi connectivity index (χ1) is 14.8. The zero-order valence-electron chi connectivity index (χ0n) is 18.0. The lowest BCUT2D eigenvalue weighted by atomic mass is 9.99. The molecule has 1 saturated heterocycles. The van der Waals surface area contributed by atoms with E-state index in [-0.39, 0.29) is 37.6 Å². The van der Waals surface area contributed by atoms with Gasteiger partial charge in [-0.1, -0.05) is 48.0 Å². The Morgan fingerprint density at radius 3 is 2.29 bits per heavy atom. The number of hydrogen-bond donors (Lipinski definition) is 0. The molecular formula is C24H28N2O4S. The first-order valence-corrected chi connectivity index (χ1v) is 11.9. The van der Waals surface area contributed by atoms with Crippen molar-refractivity contribution in [2.24, 2.45) is 0 Å². The van der Waals surface area contributed by atoms with E-state index in [9.17, 15) is 18.0 Å². The fourth-order valence-electron chi connectivity index (χ4n) is 3.56. The highest BCUT2D eigenvalue weighted by Crippen LogP contribution is 2.16. The van der Waals surface area contributed by atoms with Crippen LogP contribution in [0.4, 0.5) is 0 Å². The van der Waals surface area contributed by atoms with Crippen molar-refractivity contribution in [2.45, 2.75) is 26.7 Å². The van der Waals surface area contributed by atoms with Gasteiger partial charge in [-0.3, -0.25) is 9.59 Å². The maximum absolute atomic E-state index is 12.6. The molecule has 0 N–H and O–H groups in total. The second-order valence-electron chi connectivity index (χ2n) is 7.78. The van der Waals surface area contributed by atoms with E-state index in [0.29, 0.717) is 18.7 Å². The number of hydrogen-bond acceptors (Lipinski definition) is 4. The minimum atomic E-state index is -3.54. The summed E-state index contributed by atoms with van der Waals surface area (Å²) >= 11 is 0. The number of nitrogens with zero attached hydrogens (tertiary/aromatic N) is 2. The minimum absolute atomic E-state index is 0.0400. The monoisotopic (exact) mass is 440 g/mol. The van der Waals surface area contributed by atoms with Crippen molar-refractivity contribution in [2.75, 3.05) is 26.2 Å². The number of sulfonamides is 1. The Morgan fingerprint density at radius 1 is 0.935 bits per heavy atom. The highest BCUT2D eigenvalue weighted by atomic mass is 32.2. The maximum atomic E-state index is 12.6. The molecule has 31 heavy (non-hydrogen) atoms. The van der Waals surface area contributed by atoms with Crippen LogP contribution in [0.3, 0.4) is 0 Å². The standard InChI is InChI=1S/C24H28N2O4S/c1-19-8-9-20(2)22(18-19)23(27)10-11-24(28)25-13-15-26(16-14-25)31(29,30)17-12-21-6-4-3-5-7-21/h3-9,12,17-18H,10-11,13-16H2,1-2H3/b17-12+. The number of rotatable bonds is 7. The third-order valence-electron chi connectivity index (χ3n) is 5.44. The van der Waals surface area contributed by atoms with Crippen LogP contribution in [0.5, 0.6) is 0 Å². The normalized spacial score (nSPS) is 15.4. The molecule has 1 heterocycles. The van der Waals surface area contributed by atoms with Crippen molar-refractivity contribution in [1.29, 1.82) is 0 Å². The lowest BCUT2D eigenvalue weighted by Gasteiger charge is -2.33. The third-order valence-corrected chi connectivity index (χ3v) is 7.01. The number of carbonyl (C=O) groups excluding carboxylic acids is 2. The van der Waals surface area contributed by atoms with Gasteiger partial charge >= 0.3 is 0 Å². The number of piperazine rings is 1. The average Bonchev–Trinajstić information content (AvgIpc) is 2.78. The van der Waals surface area contributed by atoms with E-state index in [1.807, 2.05) is 62.4 Å². The molecule has 7 heteroatoms. The van der Waals surface area contributed by atoms with Gasteiger partial charge in [0.25, 0.3) is 0 Å².